The summed E-state index contributed by atoms with van der Waals surface area (Å²) in [5.41, 5.74) is 0.929. The maximum absolute atomic E-state index is 12.6. The quantitative estimate of drug-likeness (QED) is 0.808. The second-order valence-electron chi connectivity index (χ2n) is 6.68. The third kappa shape index (κ3) is 5.65. The lowest BCUT2D eigenvalue weighted by Crippen LogP contribution is -2.47. The SMILES string of the molecule is C[C@@H]1C[C@@H](C)CN(C(=O)CN(CCC#N)Cc2ccccn2)C1. The topological polar surface area (TPSA) is 60.2 Å². The summed E-state index contributed by atoms with van der Waals surface area (Å²) in [6.45, 7) is 7.66. The Hall–Kier alpha value is -1.93. The lowest BCUT2D eigenvalue weighted by molar-refractivity contribution is -0.135. The molecule has 1 saturated heterocycles. The van der Waals surface area contributed by atoms with Crippen molar-refractivity contribution in [2.45, 2.75) is 33.2 Å². The maximum Gasteiger partial charge on any atom is 0.236 e. The van der Waals surface area contributed by atoms with Crippen molar-refractivity contribution in [1.29, 1.82) is 5.26 Å². The van der Waals surface area contributed by atoms with Crippen LogP contribution in [0.2, 0.25) is 0 Å². The van der Waals surface area contributed by atoms with E-state index in [0.29, 0.717) is 37.9 Å². The first-order valence-corrected chi connectivity index (χ1v) is 8.35. The summed E-state index contributed by atoms with van der Waals surface area (Å²) in [5.74, 6) is 1.29. The number of hydrogen-bond donors (Lipinski definition) is 0. The molecule has 2 rings (SSSR count). The maximum atomic E-state index is 12.6. The third-order valence-corrected chi connectivity index (χ3v) is 4.23. The van der Waals surface area contributed by atoms with Crippen molar-refractivity contribution in [1.82, 2.24) is 14.8 Å². The lowest BCUT2D eigenvalue weighted by Gasteiger charge is -2.36. The number of nitriles is 1. The largest absolute Gasteiger partial charge is 0.341 e. The van der Waals surface area contributed by atoms with Crippen molar-refractivity contribution in [3.05, 3.63) is 30.1 Å². The van der Waals surface area contributed by atoms with E-state index in [2.05, 4.69) is 24.9 Å². The first-order chi connectivity index (χ1) is 11.1. The van der Waals surface area contributed by atoms with Crippen LogP contribution < -0.4 is 0 Å². The fourth-order valence-corrected chi connectivity index (χ4v) is 3.30. The molecule has 0 N–H and O–H groups in total. The predicted molar refractivity (Wildman–Crippen MR) is 89.3 cm³/mol. The van der Waals surface area contributed by atoms with E-state index in [1.165, 1.54) is 6.42 Å². The van der Waals surface area contributed by atoms with E-state index in [-0.39, 0.29) is 5.91 Å². The number of pyridine rings is 1. The standard InChI is InChI=1S/C18H26N4O/c1-15-10-16(2)12-22(11-15)18(23)14-21(9-5-7-19)13-17-6-3-4-8-20-17/h3-4,6,8,15-16H,5,9-14H2,1-2H3/t15-,16-/m1/s1. The molecule has 23 heavy (non-hydrogen) atoms. The molecule has 0 bridgehead atoms. The van der Waals surface area contributed by atoms with Crippen LogP contribution >= 0.6 is 0 Å². The van der Waals surface area contributed by atoms with Gasteiger partial charge in [0.15, 0.2) is 0 Å². The zero-order valence-corrected chi connectivity index (χ0v) is 14.1. The van der Waals surface area contributed by atoms with Gasteiger partial charge in [0.1, 0.15) is 0 Å². The highest BCUT2D eigenvalue weighted by Crippen LogP contribution is 2.21. The van der Waals surface area contributed by atoms with E-state index in [4.69, 9.17) is 5.26 Å². The minimum Gasteiger partial charge on any atom is -0.341 e. The van der Waals surface area contributed by atoms with Crippen LogP contribution in [0.15, 0.2) is 24.4 Å². The van der Waals surface area contributed by atoms with Gasteiger partial charge in [0.25, 0.3) is 0 Å². The van der Waals surface area contributed by atoms with Gasteiger partial charge in [0.2, 0.25) is 5.91 Å². The van der Waals surface area contributed by atoms with E-state index < -0.39 is 0 Å². The monoisotopic (exact) mass is 314 g/mol. The molecule has 0 aromatic carbocycles. The highest BCUT2D eigenvalue weighted by Gasteiger charge is 2.26. The van der Waals surface area contributed by atoms with Gasteiger partial charge in [0, 0.05) is 38.8 Å². The lowest BCUT2D eigenvalue weighted by atomic mass is 9.92. The molecule has 124 valence electrons. The summed E-state index contributed by atoms with van der Waals surface area (Å²) in [5, 5.41) is 8.85. The molecule has 0 aliphatic carbocycles. The van der Waals surface area contributed by atoms with Crippen LogP contribution in [0.5, 0.6) is 0 Å². The molecule has 0 unspecified atom stereocenters. The Bertz CT molecular complexity index is 530. The smallest absolute Gasteiger partial charge is 0.236 e. The summed E-state index contributed by atoms with van der Waals surface area (Å²) in [7, 11) is 0. The highest BCUT2D eigenvalue weighted by molar-refractivity contribution is 5.78. The molecule has 0 spiro atoms. The zero-order chi connectivity index (χ0) is 16.7. The Morgan fingerprint density at radius 2 is 2.13 bits per heavy atom. The number of rotatable bonds is 6. The van der Waals surface area contributed by atoms with E-state index in [1.807, 2.05) is 28.0 Å². The van der Waals surface area contributed by atoms with Gasteiger partial charge in [-0.25, -0.2) is 0 Å². The molecule has 5 heteroatoms. The Labute approximate surface area is 138 Å². The summed E-state index contributed by atoms with van der Waals surface area (Å²) in [6, 6.07) is 7.94. The first-order valence-electron chi connectivity index (χ1n) is 8.35. The third-order valence-electron chi connectivity index (χ3n) is 4.23. The molecular formula is C18H26N4O. The van der Waals surface area contributed by atoms with E-state index in [0.717, 1.165) is 18.8 Å². The van der Waals surface area contributed by atoms with Gasteiger partial charge in [-0.1, -0.05) is 19.9 Å². The number of carbonyl (C=O) groups excluding carboxylic acids is 1. The first kappa shape index (κ1) is 17.4. The van der Waals surface area contributed by atoms with Gasteiger partial charge < -0.3 is 4.90 Å². The van der Waals surface area contributed by atoms with Crippen molar-refractivity contribution in [3.8, 4) is 6.07 Å². The zero-order valence-electron chi connectivity index (χ0n) is 14.1. The minimum atomic E-state index is 0.164. The second-order valence-corrected chi connectivity index (χ2v) is 6.68. The van der Waals surface area contributed by atoms with Crippen LogP contribution in [0.4, 0.5) is 0 Å². The second kappa shape index (κ2) is 8.64. The average molecular weight is 314 g/mol. The van der Waals surface area contributed by atoms with Crippen molar-refractivity contribution < 1.29 is 4.79 Å². The fourth-order valence-electron chi connectivity index (χ4n) is 3.30. The number of hydrogen-bond acceptors (Lipinski definition) is 4. The molecule has 1 aliphatic heterocycles. The van der Waals surface area contributed by atoms with Gasteiger partial charge in [0.05, 0.1) is 18.3 Å². The Morgan fingerprint density at radius 3 is 2.74 bits per heavy atom. The molecule has 1 amide bonds. The molecule has 2 atom stereocenters. The molecule has 5 nitrogen and oxygen atoms in total. The Morgan fingerprint density at radius 1 is 1.39 bits per heavy atom. The molecule has 2 heterocycles. The van der Waals surface area contributed by atoms with Crippen molar-refractivity contribution in [3.63, 3.8) is 0 Å². The molecule has 1 fully saturated rings. The van der Waals surface area contributed by atoms with Crippen LogP contribution in [-0.4, -0.2) is 46.9 Å². The average Bonchev–Trinajstić information content (AvgIpc) is 2.52. The molecular weight excluding hydrogens is 288 g/mol. The Kier molecular flexibility index (Phi) is 6.54. The normalized spacial score (nSPS) is 21.2. The highest BCUT2D eigenvalue weighted by atomic mass is 16.2. The molecule has 0 radical (unpaired) electrons. The minimum absolute atomic E-state index is 0.164. The van der Waals surface area contributed by atoms with E-state index >= 15 is 0 Å². The fraction of sp³-hybridized carbons (Fsp3) is 0.611. The van der Waals surface area contributed by atoms with Gasteiger partial charge in [-0.3, -0.25) is 14.7 Å². The van der Waals surface area contributed by atoms with Crippen LogP contribution in [0, 0.1) is 23.2 Å². The number of aromatic nitrogens is 1. The van der Waals surface area contributed by atoms with Crippen molar-refractivity contribution >= 4 is 5.91 Å². The van der Waals surface area contributed by atoms with Gasteiger partial charge in [-0.2, -0.15) is 5.26 Å². The van der Waals surface area contributed by atoms with E-state index in [1.54, 1.807) is 6.20 Å². The summed E-state index contributed by atoms with van der Waals surface area (Å²) < 4.78 is 0. The summed E-state index contributed by atoms with van der Waals surface area (Å²) >= 11 is 0. The molecule has 1 aliphatic rings. The number of carbonyl (C=O) groups is 1. The van der Waals surface area contributed by atoms with Crippen LogP contribution in [-0.2, 0) is 11.3 Å². The van der Waals surface area contributed by atoms with Crippen molar-refractivity contribution in [2.24, 2.45) is 11.8 Å². The van der Waals surface area contributed by atoms with Crippen LogP contribution in [0.3, 0.4) is 0 Å². The Balaban J connectivity index is 1.96. The number of piperidine rings is 1. The van der Waals surface area contributed by atoms with Gasteiger partial charge >= 0.3 is 0 Å². The van der Waals surface area contributed by atoms with Crippen molar-refractivity contribution in [2.75, 3.05) is 26.2 Å². The van der Waals surface area contributed by atoms with Gasteiger partial charge in [-0.05, 0) is 30.4 Å². The number of nitrogens with zero attached hydrogens (tertiary/aromatic N) is 4. The molecule has 0 saturated carbocycles. The summed E-state index contributed by atoms with van der Waals surface area (Å²) in [4.78, 5) is 21.0. The van der Waals surface area contributed by atoms with Crippen LogP contribution in [0.1, 0.15) is 32.4 Å². The number of likely N-dealkylation sites (tertiary alicyclic amines) is 1. The van der Waals surface area contributed by atoms with Crippen LogP contribution in [0.25, 0.3) is 0 Å². The summed E-state index contributed by atoms with van der Waals surface area (Å²) in [6.07, 6.45) is 3.37. The molecule has 1 aromatic rings. The predicted octanol–water partition coefficient (Wildman–Crippen LogP) is 2.30. The molecule has 1 aromatic heterocycles. The van der Waals surface area contributed by atoms with E-state index in [9.17, 15) is 4.79 Å². The number of amides is 1. The van der Waals surface area contributed by atoms with Gasteiger partial charge in [-0.15, -0.1) is 0 Å².